The normalized spacial score (nSPS) is 10.6. The molecule has 0 aliphatic carbocycles. The van der Waals surface area contributed by atoms with Gasteiger partial charge in [-0.3, -0.25) is 10.1 Å². The Morgan fingerprint density at radius 3 is 2.95 bits per heavy atom. The molecule has 19 heavy (non-hydrogen) atoms. The van der Waals surface area contributed by atoms with E-state index in [1.807, 2.05) is 6.92 Å². The van der Waals surface area contributed by atoms with Crippen molar-refractivity contribution in [3.05, 3.63) is 39.9 Å². The summed E-state index contributed by atoms with van der Waals surface area (Å²) in [6, 6.07) is 6.40. The Morgan fingerprint density at radius 1 is 1.53 bits per heavy atom. The molecule has 100 valence electrons. The minimum absolute atomic E-state index is 0.0642. The number of nitrogens with zero attached hydrogens (tertiary/aromatic N) is 2. The maximum Gasteiger partial charge on any atom is 0.269 e. The molecule has 1 rings (SSSR count). The lowest BCUT2D eigenvalue weighted by molar-refractivity contribution is -0.384. The van der Waals surface area contributed by atoms with Crippen LogP contribution in [0.2, 0.25) is 0 Å². The van der Waals surface area contributed by atoms with E-state index < -0.39 is 4.92 Å². The molecule has 0 saturated heterocycles. The number of aliphatic imine (C=N–C) groups is 1. The van der Waals surface area contributed by atoms with Gasteiger partial charge in [0.05, 0.1) is 18.0 Å². The van der Waals surface area contributed by atoms with E-state index in [2.05, 4.69) is 21.5 Å². The number of hydrogen-bond donors (Lipinski definition) is 2. The number of nitro benzene ring substituents is 1. The first-order chi connectivity index (χ1) is 9.17. The summed E-state index contributed by atoms with van der Waals surface area (Å²) in [5, 5.41) is 16.6. The summed E-state index contributed by atoms with van der Waals surface area (Å²) in [5.74, 6) is 3.05. The van der Waals surface area contributed by atoms with Crippen molar-refractivity contribution in [2.75, 3.05) is 13.1 Å². The quantitative estimate of drug-likeness (QED) is 0.275. The van der Waals surface area contributed by atoms with Gasteiger partial charge < -0.3 is 10.6 Å². The third kappa shape index (κ3) is 5.08. The lowest BCUT2D eigenvalue weighted by Crippen LogP contribution is -2.37. The van der Waals surface area contributed by atoms with E-state index >= 15 is 0 Å². The molecule has 0 amide bonds. The van der Waals surface area contributed by atoms with Crippen molar-refractivity contribution in [1.82, 2.24) is 10.6 Å². The fourth-order valence-electron chi connectivity index (χ4n) is 1.42. The van der Waals surface area contributed by atoms with Gasteiger partial charge in [-0.25, -0.2) is 4.99 Å². The van der Waals surface area contributed by atoms with E-state index in [0.717, 1.165) is 5.56 Å². The number of non-ortho nitro benzene ring substituents is 1. The summed E-state index contributed by atoms with van der Waals surface area (Å²) in [6.07, 6.45) is 5.16. The summed E-state index contributed by atoms with van der Waals surface area (Å²) in [4.78, 5) is 14.5. The summed E-state index contributed by atoms with van der Waals surface area (Å²) >= 11 is 0. The van der Waals surface area contributed by atoms with Gasteiger partial charge in [0.25, 0.3) is 5.69 Å². The number of hydrogen-bond acceptors (Lipinski definition) is 3. The van der Waals surface area contributed by atoms with Gasteiger partial charge in [-0.1, -0.05) is 18.1 Å². The zero-order chi connectivity index (χ0) is 14.1. The molecule has 1 aromatic carbocycles. The van der Waals surface area contributed by atoms with Crippen LogP contribution >= 0.6 is 0 Å². The zero-order valence-electron chi connectivity index (χ0n) is 10.7. The van der Waals surface area contributed by atoms with Crippen LogP contribution in [0.15, 0.2) is 29.3 Å². The topological polar surface area (TPSA) is 79.6 Å². The standard InChI is InChI=1S/C13H16N4O2/c1-3-8-15-13(14-4-2)16-10-11-6-5-7-12(9-11)17(18)19/h1,5-7,9H,4,8,10H2,2H3,(H2,14,15,16). The molecule has 0 fully saturated rings. The third-order valence-corrected chi connectivity index (χ3v) is 2.24. The molecule has 0 atom stereocenters. The summed E-state index contributed by atoms with van der Waals surface area (Å²) in [6.45, 7) is 3.38. The Kier molecular flexibility index (Phi) is 5.89. The number of benzene rings is 1. The second kappa shape index (κ2) is 7.71. The number of rotatable bonds is 5. The second-order valence-electron chi connectivity index (χ2n) is 3.68. The molecule has 0 heterocycles. The van der Waals surface area contributed by atoms with Gasteiger partial charge in [-0.2, -0.15) is 0 Å². The predicted octanol–water partition coefficient (Wildman–Crippen LogP) is 1.28. The molecule has 0 aliphatic rings. The largest absolute Gasteiger partial charge is 0.357 e. The van der Waals surface area contributed by atoms with Gasteiger partial charge >= 0.3 is 0 Å². The second-order valence-corrected chi connectivity index (χ2v) is 3.68. The highest BCUT2D eigenvalue weighted by molar-refractivity contribution is 5.79. The first-order valence-corrected chi connectivity index (χ1v) is 5.86. The van der Waals surface area contributed by atoms with Crippen molar-refractivity contribution < 1.29 is 4.92 Å². The van der Waals surface area contributed by atoms with Crippen molar-refractivity contribution in [3.8, 4) is 12.3 Å². The highest BCUT2D eigenvalue weighted by atomic mass is 16.6. The minimum Gasteiger partial charge on any atom is -0.357 e. The van der Waals surface area contributed by atoms with Crippen LogP contribution in [0, 0.1) is 22.5 Å². The SMILES string of the molecule is C#CCNC(=NCc1cccc([N+](=O)[O-])c1)NCC. The fourth-order valence-corrected chi connectivity index (χ4v) is 1.42. The summed E-state index contributed by atoms with van der Waals surface area (Å²) in [5.41, 5.74) is 0.835. The van der Waals surface area contributed by atoms with Crippen LogP contribution in [0.25, 0.3) is 0 Å². The molecule has 0 aliphatic heterocycles. The molecule has 6 nitrogen and oxygen atoms in total. The van der Waals surface area contributed by atoms with Crippen LogP contribution in [0.3, 0.4) is 0 Å². The molecule has 0 spiro atoms. The molecular formula is C13H16N4O2. The van der Waals surface area contributed by atoms with E-state index in [4.69, 9.17) is 6.42 Å². The Hall–Kier alpha value is -2.55. The first-order valence-electron chi connectivity index (χ1n) is 5.86. The van der Waals surface area contributed by atoms with E-state index in [1.165, 1.54) is 12.1 Å². The monoisotopic (exact) mass is 260 g/mol. The fraction of sp³-hybridized carbons (Fsp3) is 0.308. The molecule has 6 heteroatoms. The maximum absolute atomic E-state index is 10.7. The molecular weight excluding hydrogens is 244 g/mol. The number of terminal acetylenes is 1. The van der Waals surface area contributed by atoms with Crippen LogP contribution in [-0.2, 0) is 6.54 Å². The van der Waals surface area contributed by atoms with Crippen molar-refractivity contribution in [2.24, 2.45) is 4.99 Å². The average Bonchev–Trinajstić information content (AvgIpc) is 2.42. The van der Waals surface area contributed by atoms with Crippen LogP contribution < -0.4 is 10.6 Å². The summed E-state index contributed by atoms with van der Waals surface area (Å²) in [7, 11) is 0. The van der Waals surface area contributed by atoms with Gasteiger partial charge in [0.2, 0.25) is 0 Å². The van der Waals surface area contributed by atoms with Crippen LogP contribution in [-0.4, -0.2) is 24.0 Å². The van der Waals surface area contributed by atoms with E-state index in [0.29, 0.717) is 25.6 Å². The lowest BCUT2D eigenvalue weighted by Gasteiger charge is -2.08. The molecule has 0 radical (unpaired) electrons. The Morgan fingerprint density at radius 2 is 2.32 bits per heavy atom. The zero-order valence-corrected chi connectivity index (χ0v) is 10.7. The highest BCUT2D eigenvalue weighted by Gasteiger charge is 2.05. The molecule has 0 bridgehead atoms. The van der Waals surface area contributed by atoms with Crippen LogP contribution in [0.5, 0.6) is 0 Å². The van der Waals surface area contributed by atoms with Crippen molar-refractivity contribution in [2.45, 2.75) is 13.5 Å². The van der Waals surface area contributed by atoms with Gasteiger partial charge in [0.15, 0.2) is 5.96 Å². The van der Waals surface area contributed by atoms with Crippen molar-refractivity contribution >= 4 is 11.6 Å². The van der Waals surface area contributed by atoms with Crippen LogP contribution in [0.4, 0.5) is 5.69 Å². The third-order valence-electron chi connectivity index (χ3n) is 2.24. The number of nitro groups is 1. The van der Waals surface area contributed by atoms with E-state index in [-0.39, 0.29) is 5.69 Å². The molecule has 0 saturated carbocycles. The molecule has 2 N–H and O–H groups in total. The smallest absolute Gasteiger partial charge is 0.269 e. The maximum atomic E-state index is 10.7. The van der Waals surface area contributed by atoms with Gasteiger partial charge in [0.1, 0.15) is 0 Å². The lowest BCUT2D eigenvalue weighted by atomic mass is 10.2. The van der Waals surface area contributed by atoms with Crippen molar-refractivity contribution in [1.29, 1.82) is 0 Å². The molecule has 1 aromatic rings. The van der Waals surface area contributed by atoms with E-state index in [1.54, 1.807) is 12.1 Å². The van der Waals surface area contributed by atoms with Gasteiger partial charge in [0, 0.05) is 18.7 Å². The van der Waals surface area contributed by atoms with Crippen molar-refractivity contribution in [3.63, 3.8) is 0 Å². The average molecular weight is 260 g/mol. The predicted molar refractivity (Wildman–Crippen MR) is 74.7 cm³/mol. The summed E-state index contributed by atoms with van der Waals surface area (Å²) < 4.78 is 0. The van der Waals surface area contributed by atoms with Crippen LogP contribution in [0.1, 0.15) is 12.5 Å². The van der Waals surface area contributed by atoms with E-state index in [9.17, 15) is 10.1 Å². The first kappa shape index (κ1) is 14.5. The minimum atomic E-state index is -0.422. The van der Waals surface area contributed by atoms with Gasteiger partial charge in [-0.15, -0.1) is 6.42 Å². The highest BCUT2D eigenvalue weighted by Crippen LogP contribution is 2.13. The molecule has 0 unspecified atom stereocenters. The van der Waals surface area contributed by atoms with Gasteiger partial charge in [-0.05, 0) is 12.5 Å². The Labute approximate surface area is 112 Å². The number of nitrogens with one attached hydrogen (secondary N) is 2. The Balaban J connectivity index is 2.73. The number of guanidine groups is 1. The Bertz CT molecular complexity index is 506. The molecule has 0 aromatic heterocycles.